The summed E-state index contributed by atoms with van der Waals surface area (Å²) in [5, 5.41) is 9.75. The minimum Gasteiger partial charge on any atom is -0.355 e. The molecule has 1 amide bonds. The summed E-state index contributed by atoms with van der Waals surface area (Å²) in [5.41, 5.74) is 0. The van der Waals surface area contributed by atoms with Crippen LogP contribution in [0.3, 0.4) is 0 Å². The van der Waals surface area contributed by atoms with Gasteiger partial charge in [0.2, 0.25) is 12.3 Å². The molecule has 17 heavy (non-hydrogen) atoms. The molecule has 0 aliphatic heterocycles. The zero-order valence-corrected chi connectivity index (χ0v) is 9.82. The fourth-order valence-electron chi connectivity index (χ4n) is 2.05. The van der Waals surface area contributed by atoms with Gasteiger partial charge in [0.1, 0.15) is 0 Å². The van der Waals surface area contributed by atoms with Crippen LogP contribution in [0, 0.1) is 0 Å². The molecule has 0 atom stereocenters. The van der Waals surface area contributed by atoms with E-state index in [1.54, 1.807) is 0 Å². The Morgan fingerprint density at radius 3 is 3.00 bits per heavy atom. The minimum absolute atomic E-state index is 0.0281. The lowest BCUT2D eigenvalue weighted by atomic mass is 10.2. The van der Waals surface area contributed by atoms with Gasteiger partial charge < -0.3 is 15.2 Å². The van der Waals surface area contributed by atoms with Crippen molar-refractivity contribution < 1.29 is 9.32 Å². The molecule has 1 aromatic heterocycles. The molecule has 0 spiro atoms. The summed E-state index contributed by atoms with van der Waals surface area (Å²) in [7, 11) is 0. The maximum atomic E-state index is 11.5. The summed E-state index contributed by atoms with van der Waals surface area (Å²) in [6.45, 7) is 0.946. The molecule has 94 valence electrons. The van der Waals surface area contributed by atoms with Crippen LogP contribution in [0.1, 0.15) is 31.5 Å². The molecule has 0 aromatic carbocycles. The van der Waals surface area contributed by atoms with E-state index in [0.717, 1.165) is 0 Å². The zero-order chi connectivity index (χ0) is 11.9. The lowest BCUT2D eigenvalue weighted by Crippen LogP contribution is -2.38. The number of hydrogen-bond donors (Lipinski definition) is 2. The highest BCUT2D eigenvalue weighted by atomic mass is 16.5. The zero-order valence-electron chi connectivity index (χ0n) is 9.82. The third-order valence-corrected chi connectivity index (χ3v) is 2.98. The van der Waals surface area contributed by atoms with Crippen molar-refractivity contribution in [1.29, 1.82) is 0 Å². The summed E-state index contributed by atoms with van der Waals surface area (Å²) >= 11 is 0. The van der Waals surface area contributed by atoms with Crippen LogP contribution in [0.2, 0.25) is 0 Å². The van der Waals surface area contributed by atoms with E-state index in [1.165, 1.54) is 32.1 Å². The monoisotopic (exact) mass is 238 g/mol. The molecule has 1 fully saturated rings. The van der Waals surface area contributed by atoms with Gasteiger partial charge in [0.05, 0.1) is 6.54 Å². The maximum absolute atomic E-state index is 11.5. The predicted molar refractivity (Wildman–Crippen MR) is 61.3 cm³/mol. The summed E-state index contributed by atoms with van der Waals surface area (Å²) in [5.74, 6) is 0.648. The van der Waals surface area contributed by atoms with Crippen molar-refractivity contribution in [3.05, 3.63) is 12.2 Å². The van der Waals surface area contributed by atoms with Gasteiger partial charge in [0.25, 0.3) is 0 Å². The van der Waals surface area contributed by atoms with Crippen LogP contribution in [0.15, 0.2) is 10.9 Å². The van der Waals surface area contributed by atoms with Crippen molar-refractivity contribution in [2.75, 3.05) is 13.1 Å². The number of amides is 1. The fourth-order valence-corrected chi connectivity index (χ4v) is 2.05. The molecule has 1 aromatic rings. The molecular weight excluding hydrogens is 220 g/mol. The molecule has 0 saturated heterocycles. The molecule has 0 radical (unpaired) electrons. The van der Waals surface area contributed by atoms with Gasteiger partial charge in [-0.1, -0.05) is 18.0 Å². The normalized spacial score (nSPS) is 16.2. The Bertz CT molecular complexity index is 333. The summed E-state index contributed by atoms with van der Waals surface area (Å²) in [4.78, 5) is 15.4. The van der Waals surface area contributed by atoms with Crippen LogP contribution in [-0.4, -0.2) is 35.2 Å². The Kier molecular flexibility index (Phi) is 4.49. The summed E-state index contributed by atoms with van der Waals surface area (Å²) < 4.78 is 4.60. The largest absolute Gasteiger partial charge is 0.355 e. The highest BCUT2D eigenvalue weighted by Gasteiger charge is 2.14. The first-order valence-corrected chi connectivity index (χ1v) is 6.10. The molecule has 6 heteroatoms. The van der Waals surface area contributed by atoms with E-state index in [0.29, 0.717) is 31.4 Å². The molecule has 6 nitrogen and oxygen atoms in total. The lowest BCUT2D eigenvalue weighted by Gasteiger charge is -2.11. The van der Waals surface area contributed by atoms with E-state index in [2.05, 4.69) is 25.3 Å². The van der Waals surface area contributed by atoms with E-state index in [9.17, 15) is 4.79 Å². The summed E-state index contributed by atoms with van der Waals surface area (Å²) in [6.07, 6.45) is 6.82. The highest BCUT2D eigenvalue weighted by molar-refractivity contribution is 5.77. The van der Waals surface area contributed by atoms with Crippen LogP contribution in [0.4, 0.5) is 0 Å². The van der Waals surface area contributed by atoms with E-state index in [-0.39, 0.29) is 5.91 Å². The first-order valence-electron chi connectivity index (χ1n) is 6.10. The minimum atomic E-state index is 0.0281. The topological polar surface area (TPSA) is 80.0 Å². The number of nitrogens with one attached hydrogen (secondary N) is 2. The van der Waals surface area contributed by atoms with Crippen molar-refractivity contribution in [1.82, 2.24) is 20.8 Å². The molecule has 1 saturated carbocycles. The number of rotatable bonds is 6. The second kappa shape index (κ2) is 6.34. The number of aromatic nitrogens is 2. The van der Waals surface area contributed by atoms with Crippen LogP contribution in [0.25, 0.3) is 0 Å². The van der Waals surface area contributed by atoms with Crippen molar-refractivity contribution in [3.8, 4) is 0 Å². The number of carbonyl (C=O) groups excluding carboxylic acids is 1. The average Bonchev–Trinajstić information content (AvgIpc) is 2.99. The van der Waals surface area contributed by atoms with E-state index in [4.69, 9.17) is 0 Å². The molecule has 2 N–H and O–H groups in total. The van der Waals surface area contributed by atoms with E-state index >= 15 is 0 Å². The van der Waals surface area contributed by atoms with Gasteiger partial charge in [-0.05, 0) is 12.8 Å². The van der Waals surface area contributed by atoms with Gasteiger partial charge in [-0.15, -0.1) is 0 Å². The predicted octanol–water partition coefficient (Wildman–Crippen LogP) is 0.260. The number of hydrogen-bond acceptors (Lipinski definition) is 5. The Morgan fingerprint density at radius 2 is 2.29 bits per heavy atom. The van der Waals surface area contributed by atoms with Crippen molar-refractivity contribution in [2.24, 2.45) is 0 Å². The second-order valence-corrected chi connectivity index (χ2v) is 4.31. The van der Waals surface area contributed by atoms with Crippen LogP contribution in [-0.2, 0) is 11.2 Å². The van der Waals surface area contributed by atoms with Crippen LogP contribution >= 0.6 is 0 Å². The van der Waals surface area contributed by atoms with Crippen LogP contribution in [0.5, 0.6) is 0 Å². The van der Waals surface area contributed by atoms with Gasteiger partial charge in [-0.25, -0.2) is 0 Å². The molecule has 0 unspecified atom stereocenters. The molecule has 0 bridgehead atoms. The Balaban J connectivity index is 1.54. The first-order chi connectivity index (χ1) is 8.34. The maximum Gasteiger partial charge on any atom is 0.233 e. The van der Waals surface area contributed by atoms with Gasteiger partial charge >= 0.3 is 0 Å². The van der Waals surface area contributed by atoms with E-state index in [1.807, 2.05) is 0 Å². The Hall–Kier alpha value is -1.43. The molecule has 2 rings (SSSR count). The van der Waals surface area contributed by atoms with Crippen LogP contribution < -0.4 is 10.6 Å². The first kappa shape index (κ1) is 12.0. The third kappa shape index (κ3) is 4.14. The number of nitrogens with zero attached hydrogens (tertiary/aromatic N) is 2. The molecule has 1 aliphatic carbocycles. The highest BCUT2D eigenvalue weighted by Crippen LogP contribution is 2.17. The van der Waals surface area contributed by atoms with E-state index < -0.39 is 0 Å². The molecule has 1 heterocycles. The van der Waals surface area contributed by atoms with Gasteiger partial charge in [-0.3, -0.25) is 4.79 Å². The standard InChI is InChI=1S/C11H18N4O2/c16-11(7-13-9-3-1-2-4-9)12-6-5-10-14-8-17-15-10/h8-9,13H,1-7H2,(H,12,16). The second-order valence-electron chi connectivity index (χ2n) is 4.31. The van der Waals surface area contributed by atoms with Crippen molar-refractivity contribution in [2.45, 2.75) is 38.1 Å². The Morgan fingerprint density at radius 1 is 1.47 bits per heavy atom. The quantitative estimate of drug-likeness (QED) is 0.743. The summed E-state index contributed by atoms with van der Waals surface area (Å²) in [6, 6.07) is 0.526. The molecular formula is C11H18N4O2. The van der Waals surface area contributed by atoms with Crippen molar-refractivity contribution in [3.63, 3.8) is 0 Å². The average molecular weight is 238 g/mol. The smallest absolute Gasteiger partial charge is 0.233 e. The number of carbonyl (C=O) groups is 1. The van der Waals surface area contributed by atoms with Crippen molar-refractivity contribution >= 4 is 5.91 Å². The SMILES string of the molecule is O=C(CNC1CCCC1)NCCc1ncon1. The fraction of sp³-hybridized carbons (Fsp3) is 0.727. The lowest BCUT2D eigenvalue weighted by molar-refractivity contribution is -0.120. The van der Waals surface area contributed by atoms with Gasteiger partial charge in [-0.2, -0.15) is 4.98 Å². The Labute approximate surface area is 100 Å². The third-order valence-electron chi connectivity index (χ3n) is 2.98. The molecule has 1 aliphatic rings. The van der Waals surface area contributed by atoms with Gasteiger partial charge in [0, 0.05) is 19.0 Å². The van der Waals surface area contributed by atoms with Gasteiger partial charge in [0.15, 0.2) is 5.82 Å².